The fraction of sp³-hybridized carbons (Fsp3) is 0.600. The van der Waals surface area contributed by atoms with E-state index >= 15 is 0 Å². The SMILES string of the molecule is CC=C(C)C(O)O. The quantitative estimate of drug-likeness (QED) is 0.368. The maximum absolute atomic E-state index is 8.31. The first-order chi connectivity index (χ1) is 3.18. The molecule has 0 rings (SSSR count). The lowest BCUT2D eigenvalue weighted by atomic mass is 10.3. The molecule has 0 radical (unpaired) electrons. The second kappa shape index (κ2) is 2.77. The van der Waals surface area contributed by atoms with Crippen LogP contribution in [0, 0.1) is 0 Å². The smallest absolute Gasteiger partial charge is 0.173 e. The van der Waals surface area contributed by atoms with E-state index < -0.39 is 6.29 Å². The molecule has 42 valence electrons. The summed E-state index contributed by atoms with van der Waals surface area (Å²) in [5, 5.41) is 16.6. The lowest BCUT2D eigenvalue weighted by molar-refractivity contribution is -0.00773. The number of aliphatic hydroxyl groups excluding tert-OH is 1. The van der Waals surface area contributed by atoms with Crippen LogP contribution in [0.1, 0.15) is 13.8 Å². The third kappa shape index (κ3) is 2.37. The molecule has 0 aromatic rings. The van der Waals surface area contributed by atoms with Crippen molar-refractivity contribution in [3.63, 3.8) is 0 Å². The summed E-state index contributed by atoms with van der Waals surface area (Å²) >= 11 is 0. The van der Waals surface area contributed by atoms with E-state index in [9.17, 15) is 0 Å². The molecular weight excluding hydrogens is 92.1 g/mol. The zero-order valence-electron chi connectivity index (χ0n) is 4.55. The van der Waals surface area contributed by atoms with Crippen LogP contribution in [0.2, 0.25) is 0 Å². The standard InChI is InChI=1S/C5H10O2/c1-3-4(2)5(6)7/h3,5-7H,1-2H3. The average molecular weight is 102 g/mol. The molecule has 2 heteroatoms. The van der Waals surface area contributed by atoms with E-state index in [1.165, 1.54) is 0 Å². The van der Waals surface area contributed by atoms with Gasteiger partial charge in [-0.1, -0.05) is 6.08 Å². The lowest BCUT2D eigenvalue weighted by Gasteiger charge is -1.98. The highest BCUT2D eigenvalue weighted by molar-refractivity contribution is 4.97. The summed E-state index contributed by atoms with van der Waals surface area (Å²) in [7, 11) is 0. The maximum atomic E-state index is 8.31. The molecule has 0 bridgehead atoms. The van der Waals surface area contributed by atoms with Gasteiger partial charge in [-0.25, -0.2) is 0 Å². The normalized spacial score (nSPS) is 13.0. The molecule has 0 saturated carbocycles. The Bertz CT molecular complexity index is 74.1. The third-order valence-electron chi connectivity index (χ3n) is 0.863. The Morgan fingerprint density at radius 2 is 2.00 bits per heavy atom. The van der Waals surface area contributed by atoms with E-state index in [4.69, 9.17) is 10.2 Å². The van der Waals surface area contributed by atoms with Crippen LogP contribution < -0.4 is 0 Å². The van der Waals surface area contributed by atoms with Gasteiger partial charge >= 0.3 is 0 Å². The summed E-state index contributed by atoms with van der Waals surface area (Å²) in [6, 6.07) is 0. The van der Waals surface area contributed by atoms with Crippen molar-refractivity contribution in [2.24, 2.45) is 0 Å². The van der Waals surface area contributed by atoms with Gasteiger partial charge in [-0.2, -0.15) is 0 Å². The minimum Gasteiger partial charge on any atom is -0.365 e. The molecule has 0 aromatic carbocycles. The molecule has 0 fully saturated rings. The fourth-order valence-corrected chi connectivity index (χ4v) is 0.149. The topological polar surface area (TPSA) is 40.5 Å². The summed E-state index contributed by atoms with van der Waals surface area (Å²) in [5.41, 5.74) is 0.583. The van der Waals surface area contributed by atoms with E-state index in [1.54, 1.807) is 19.9 Å². The number of aliphatic hydroxyl groups is 2. The average Bonchev–Trinajstić information content (AvgIpc) is 1.65. The Hall–Kier alpha value is -0.340. The van der Waals surface area contributed by atoms with Crippen molar-refractivity contribution < 1.29 is 10.2 Å². The fourth-order valence-electron chi connectivity index (χ4n) is 0.149. The number of allylic oxidation sites excluding steroid dienone is 1. The van der Waals surface area contributed by atoms with Gasteiger partial charge in [-0.05, 0) is 19.4 Å². The van der Waals surface area contributed by atoms with Crippen LogP contribution in [-0.4, -0.2) is 16.5 Å². The summed E-state index contributed by atoms with van der Waals surface area (Å²) in [4.78, 5) is 0. The van der Waals surface area contributed by atoms with Crippen LogP contribution >= 0.6 is 0 Å². The van der Waals surface area contributed by atoms with Gasteiger partial charge in [0.2, 0.25) is 0 Å². The summed E-state index contributed by atoms with van der Waals surface area (Å²) in [6.45, 7) is 3.42. The highest BCUT2D eigenvalue weighted by Gasteiger charge is 1.94. The molecule has 7 heavy (non-hydrogen) atoms. The van der Waals surface area contributed by atoms with E-state index in [1.807, 2.05) is 0 Å². The van der Waals surface area contributed by atoms with Gasteiger partial charge in [0.1, 0.15) is 0 Å². The number of hydrogen-bond acceptors (Lipinski definition) is 2. The van der Waals surface area contributed by atoms with Gasteiger partial charge in [0.25, 0.3) is 0 Å². The predicted molar refractivity (Wildman–Crippen MR) is 27.7 cm³/mol. The third-order valence-corrected chi connectivity index (χ3v) is 0.863. The Kier molecular flexibility index (Phi) is 2.64. The van der Waals surface area contributed by atoms with Crippen LogP contribution in [-0.2, 0) is 0 Å². The number of hydrogen-bond donors (Lipinski definition) is 2. The molecule has 0 amide bonds. The second-order valence-corrected chi connectivity index (χ2v) is 1.41. The van der Waals surface area contributed by atoms with E-state index in [0.29, 0.717) is 5.57 Å². The molecule has 0 spiro atoms. The van der Waals surface area contributed by atoms with Crippen LogP contribution in [0.3, 0.4) is 0 Å². The Balaban J connectivity index is 3.56. The van der Waals surface area contributed by atoms with Crippen molar-refractivity contribution in [1.29, 1.82) is 0 Å². The maximum Gasteiger partial charge on any atom is 0.173 e. The van der Waals surface area contributed by atoms with Gasteiger partial charge in [0.15, 0.2) is 6.29 Å². The molecule has 0 saturated heterocycles. The first kappa shape index (κ1) is 6.66. The molecule has 2 nitrogen and oxygen atoms in total. The van der Waals surface area contributed by atoms with Crippen LogP contribution in [0.25, 0.3) is 0 Å². The van der Waals surface area contributed by atoms with Gasteiger partial charge in [-0.3, -0.25) is 0 Å². The second-order valence-electron chi connectivity index (χ2n) is 1.41. The van der Waals surface area contributed by atoms with Crippen molar-refractivity contribution in [1.82, 2.24) is 0 Å². The lowest BCUT2D eigenvalue weighted by Crippen LogP contribution is -2.04. The Morgan fingerprint density at radius 1 is 1.57 bits per heavy atom. The Labute approximate surface area is 43.1 Å². The van der Waals surface area contributed by atoms with Crippen molar-refractivity contribution in [2.45, 2.75) is 20.1 Å². The summed E-state index contributed by atoms with van der Waals surface area (Å²) < 4.78 is 0. The molecular formula is C5H10O2. The molecule has 0 aliphatic heterocycles. The van der Waals surface area contributed by atoms with E-state index in [-0.39, 0.29) is 0 Å². The van der Waals surface area contributed by atoms with Crippen molar-refractivity contribution in [2.75, 3.05) is 0 Å². The summed E-state index contributed by atoms with van der Waals surface area (Å²) in [5.74, 6) is 0. The first-order valence-electron chi connectivity index (χ1n) is 2.17. The van der Waals surface area contributed by atoms with Crippen LogP contribution in [0.5, 0.6) is 0 Å². The highest BCUT2D eigenvalue weighted by atomic mass is 16.5. The van der Waals surface area contributed by atoms with E-state index in [2.05, 4.69) is 0 Å². The zero-order valence-corrected chi connectivity index (χ0v) is 4.55. The van der Waals surface area contributed by atoms with Gasteiger partial charge < -0.3 is 10.2 Å². The molecule has 0 aromatic heterocycles. The van der Waals surface area contributed by atoms with Crippen molar-refractivity contribution >= 4 is 0 Å². The molecule has 0 atom stereocenters. The minimum atomic E-state index is -1.27. The first-order valence-corrected chi connectivity index (χ1v) is 2.17. The van der Waals surface area contributed by atoms with Crippen LogP contribution in [0.15, 0.2) is 11.6 Å². The Morgan fingerprint density at radius 3 is 2.00 bits per heavy atom. The molecule has 2 N–H and O–H groups in total. The molecule has 0 unspecified atom stereocenters. The number of rotatable bonds is 1. The van der Waals surface area contributed by atoms with Crippen molar-refractivity contribution in [3.8, 4) is 0 Å². The van der Waals surface area contributed by atoms with E-state index in [0.717, 1.165) is 0 Å². The van der Waals surface area contributed by atoms with Crippen LogP contribution in [0.4, 0.5) is 0 Å². The van der Waals surface area contributed by atoms with Gasteiger partial charge in [-0.15, -0.1) is 0 Å². The zero-order chi connectivity index (χ0) is 5.86. The molecule has 0 aliphatic carbocycles. The van der Waals surface area contributed by atoms with Crippen molar-refractivity contribution in [3.05, 3.63) is 11.6 Å². The minimum absolute atomic E-state index is 0.583. The highest BCUT2D eigenvalue weighted by Crippen LogP contribution is 1.94. The predicted octanol–water partition coefficient (Wildman–Crippen LogP) is 0.263. The monoisotopic (exact) mass is 102 g/mol. The van der Waals surface area contributed by atoms with Gasteiger partial charge in [0, 0.05) is 0 Å². The largest absolute Gasteiger partial charge is 0.365 e. The summed E-state index contributed by atoms with van der Waals surface area (Å²) in [6.07, 6.45) is 0.384. The van der Waals surface area contributed by atoms with Gasteiger partial charge in [0.05, 0.1) is 0 Å². The molecule has 0 heterocycles. The molecule has 0 aliphatic rings.